The summed E-state index contributed by atoms with van der Waals surface area (Å²) < 4.78 is 0. The second kappa shape index (κ2) is 3.15. The Labute approximate surface area is 46.5 Å². The van der Waals surface area contributed by atoms with E-state index in [9.17, 15) is 4.79 Å². The van der Waals surface area contributed by atoms with Crippen LogP contribution < -0.4 is 0 Å². The topological polar surface area (TPSA) is 69.9 Å². The molecule has 2 N–H and O–H groups in total. The second-order valence-corrected chi connectivity index (χ2v) is 1.13. The molecule has 4 heteroatoms. The molecule has 46 valence electrons. The lowest BCUT2D eigenvalue weighted by Gasteiger charge is -1.89. The van der Waals surface area contributed by atoms with Gasteiger partial charge in [-0.05, 0) is 0 Å². The number of aliphatic imine (C=N–C) groups is 1. The number of carboxylic acid groups (broad SMARTS) is 1. The van der Waals surface area contributed by atoms with E-state index in [4.69, 9.17) is 10.2 Å². The average Bonchev–Trinajstić information content (AvgIpc) is 1.69. The molecule has 0 aliphatic heterocycles. The fourth-order valence-corrected chi connectivity index (χ4v) is 0.234. The molecule has 0 aliphatic rings. The summed E-state index contributed by atoms with van der Waals surface area (Å²) >= 11 is 0. The molecule has 0 atom stereocenters. The van der Waals surface area contributed by atoms with Gasteiger partial charge in [0.05, 0.1) is 6.61 Å². The van der Waals surface area contributed by atoms with Crippen molar-refractivity contribution in [1.82, 2.24) is 0 Å². The number of aliphatic hydroxyl groups is 1. The normalized spacial score (nSPS) is 11.5. The van der Waals surface area contributed by atoms with Gasteiger partial charge >= 0.3 is 5.97 Å². The van der Waals surface area contributed by atoms with E-state index >= 15 is 0 Å². The molecule has 0 bridgehead atoms. The molecule has 4 nitrogen and oxygen atoms in total. The molecule has 0 rings (SSSR count). The van der Waals surface area contributed by atoms with Crippen LogP contribution in [0.1, 0.15) is 0 Å². The van der Waals surface area contributed by atoms with Gasteiger partial charge in [-0.15, -0.1) is 0 Å². The van der Waals surface area contributed by atoms with E-state index in [1.807, 2.05) is 0 Å². The SMILES string of the molecule is CN=C(CO)C(=O)O. The molecule has 0 heterocycles. The third kappa shape index (κ3) is 1.70. The fourth-order valence-electron chi connectivity index (χ4n) is 0.234. The zero-order valence-electron chi connectivity index (χ0n) is 4.46. The summed E-state index contributed by atoms with van der Waals surface area (Å²) in [5.41, 5.74) is -0.218. The summed E-state index contributed by atoms with van der Waals surface area (Å²) in [6, 6.07) is 0. The maximum Gasteiger partial charge on any atom is 0.352 e. The van der Waals surface area contributed by atoms with Crippen LogP contribution in [0.4, 0.5) is 0 Å². The highest BCUT2D eigenvalue weighted by Gasteiger charge is 2.03. The summed E-state index contributed by atoms with van der Waals surface area (Å²) in [6.45, 7) is -0.508. The van der Waals surface area contributed by atoms with Gasteiger partial charge in [0.25, 0.3) is 0 Å². The number of rotatable bonds is 2. The Balaban J connectivity index is 3.92. The number of hydrogen-bond donors (Lipinski definition) is 2. The summed E-state index contributed by atoms with van der Waals surface area (Å²) in [4.78, 5) is 13.1. The van der Waals surface area contributed by atoms with Gasteiger partial charge in [-0.1, -0.05) is 0 Å². The summed E-state index contributed by atoms with van der Waals surface area (Å²) in [7, 11) is 1.32. The fraction of sp³-hybridized carbons (Fsp3) is 0.500. The molecular formula is C4H7NO3. The Morgan fingerprint density at radius 1 is 1.75 bits per heavy atom. The van der Waals surface area contributed by atoms with Gasteiger partial charge in [0, 0.05) is 7.05 Å². The molecule has 0 saturated heterocycles. The van der Waals surface area contributed by atoms with Gasteiger partial charge in [0.2, 0.25) is 0 Å². The molecule has 0 aromatic rings. The van der Waals surface area contributed by atoms with Crippen LogP contribution >= 0.6 is 0 Å². The highest BCUT2D eigenvalue weighted by molar-refractivity contribution is 6.36. The summed E-state index contributed by atoms with van der Waals surface area (Å²) in [5.74, 6) is -1.17. The smallest absolute Gasteiger partial charge is 0.352 e. The quantitative estimate of drug-likeness (QED) is 0.462. The minimum atomic E-state index is -1.17. The molecule has 0 unspecified atom stereocenters. The van der Waals surface area contributed by atoms with Crippen molar-refractivity contribution in [2.24, 2.45) is 4.99 Å². The highest BCUT2D eigenvalue weighted by atomic mass is 16.4. The first kappa shape index (κ1) is 7.10. The molecule has 0 aromatic carbocycles. The van der Waals surface area contributed by atoms with Gasteiger partial charge in [0.1, 0.15) is 5.71 Å². The summed E-state index contributed by atoms with van der Waals surface area (Å²) in [6.07, 6.45) is 0. The Hall–Kier alpha value is -0.900. The maximum absolute atomic E-state index is 9.87. The predicted molar refractivity (Wildman–Crippen MR) is 28.1 cm³/mol. The average molecular weight is 117 g/mol. The lowest BCUT2D eigenvalue weighted by molar-refractivity contribution is -0.129. The highest BCUT2D eigenvalue weighted by Crippen LogP contribution is 1.73. The van der Waals surface area contributed by atoms with Gasteiger partial charge in [0.15, 0.2) is 0 Å². The van der Waals surface area contributed by atoms with Gasteiger partial charge < -0.3 is 10.2 Å². The first-order valence-electron chi connectivity index (χ1n) is 2.02. The number of carboxylic acids is 1. The van der Waals surface area contributed by atoms with E-state index < -0.39 is 12.6 Å². The van der Waals surface area contributed by atoms with E-state index in [0.717, 1.165) is 0 Å². The lowest BCUT2D eigenvalue weighted by atomic mass is 10.4. The minimum Gasteiger partial charge on any atom is -0.477 e. The molecule has 0 saturated carbocycles. The van der Waals surface area contributed by atoms with Gasteiger partial charge in [-0.25, -0.2) is 4.79 Å². The number of nitrogens with zero attached hydrogens (tertiary/aromatic N) is 1. The maximum atomic E-state index is 9.87. The zero-order chi connectivity index (χ0) is 6.57. The van der Waals surface area contributed by atoms with Crippen LogP contribution in [0.3, 0.4) is 0 Å². The standard InChI is InChI=1S/C4H7NO3/c1-5-3(2-6)4(7)8/h6H,2H2,1H3,(H,7,8). The van der Waals surface area contributed by atoms with Crippen molar-refractivity contribution in [2.75, 3.05) is 13.7 Å². The number of hydrogen-bond acceptors (Lipinski definition) is 3. The second-order valence-electron chi connectivity index (χ2n) is 1.13. The molecule has 0 aliphatic carbocycles. The van der Waals surface area contributed by atoms with E-state index in [0.29, 0.717) is 0 Å². The van der Waals surface area contributed by atoms with E-state index in [1.54, 1.807) is 0 Å². The molecule has 0 amide bonds. The van der Waals surface area contributed by atoms with Crippen LogP contribution in [0, 0.1) is 0 Å². The molecule has 0 fully saturated rings. The lowest BCUT2D eigenvalue weighted by Crippen LogP contribution is -2.16. The predicted octanol–water partition coefficient (Wildman–Crippen LogP) is -0.866. The number of carbonyl (C=O) groups is 1. The van der Waals surface area contributed by atoms with Crippen LogP contribution in [0.5, 0.6) is 0 Å². The van der Waals surface area contributed by atoms with Crippen molar-refractivity contribution in [2.45, 2.75) is 0 Å². The van der Waals surface area contributed by atoms with E-state index in [-0.39, 0.29) is 5.71 Å². The first-order valence-corrected chi connectivity index (χ1v) is 2.02. The molecule has 8 heavy (non-hydrogen) atoms. The molecule has 0 radical (unpaired) electrons. The van der Waals surface area contributed by atoms with Crippen molar-refractivity contribution in [3.63, 3.8) is 0 Å². The van der Waals surface area contributed by atoms with Gasteiger partial charge in [-0.3, -0.25) is 4.99 Å². The minimum absolute atomic E-state index is 0.218. The van der Waals surface area contributed by atoms with Crippen molar-refractivity contribution in [3.8, 4) is 0 Å². The van der Waals surface area contributed by atoms with Crippen LogP contribution in [-0.4, -0.2) is 35.5 Å². The van der Waals surface area contributed by atoms with Crippen molar-refractivity contribution in [1.29, 1.82) is 0 Å². The Kier molecular flexibility index (Phi) is 2.79. The van der Waals surface area contributed by atoms with Crippen LogP contribution in [-0.2, 0) is 4.79 Å². The number of aliphatic hydroxyl groups excluding tert-OH is 1. The van der Waals surface area contributed by atoms with Crippen LogP contribution in [0.2, 0.25) is 0 Å². The largest absolute Gasteiger partial charge is 0.477 e. The van der Waals surface area contributed by atoms with Crippen LogP contribution in [0.15, 0.2) is 4.99 Å². The molecular weight excluding hydrogens is 110 g/mol. The van der Waals surface area contributed by atoms with E-state index in [2.05, 4.69) is 4.99 Å². The first-order chi connectivity index (χ1) is 3.72. The Morgan fingerprint density at radius 3 is 2.25 bits per heavy atom. The van der Waals surface area contributed by atoms with Gasteiger partial charge in [-0.2, -0.15) is 0 Å². The summed E-state index contributed by atoms with van der Waals surface area (Å²) in [5, 5.41) is 16.3. The Bertz CT molecular complexity index is 118. The van der Waals surface area contributed by atoms with Crippen molar-refractivity contribution in [3.05, 3.63) is 0 Å². The molecule has 0 aromatic heterocycles. The molecule has 0 spiro atoms. The third-order valence-electron chi connectivity index (χ3n) is 0.667. The Morgan fingerprint density at radius 2 is 2.25 bits per heavy atom. The van der Waals surface area contributed by atoms with Crippen molar-refractivity contribution < 1.29 is 15.0 Å². The number of aliphatic carboxylic acids is 1. The third-order valence-corrected chi connectivity index (χ3v) is 0.667. The van der Waals surface area contributed by atoms with Crippen molar-refractivity contribution >= 4 is 11.7 Å². The monoisotopic (exact) mass is 117 g/mol. The van der Waals surface area contributed by atoms with Crippen LogP contribution in [0.25, 0.3) is 0 Å². The van der Waals surface area contributed by atoms with E-state index in [1.165, 1.54) is 7.05 Å². The zero-order valence-corrected chi connectivity index (χ0v) is 4.46.